The lowest BCUT2D eigenvalue weighted by Crippen LogP contribution is -2.43. The van der Waals surface area contributed by atoms with Gasteiger partial charge in [-0.3, -0.25) is 9.59 Å². The van der Waals surface area contributed by atoms with Crippen LogP contribution in [-0.2, 0) is 14.3 Å². The summed E-state index contributed by atoms with van der Waals surface area (Å²) in [6, 6.07) is -0.168. The molecule has 1 amide bonds. The van der Waals surface area contributed by atoms with E-state index in [9.17, 15) is 9.59 Å². The molecule has 5 heteroatoms. The first-order chi connectivity index (χ1) is 7.01. The van der Waals surface area contributed by atoms with Gasteiger partial charge in [-0.1, -0.05) is 13.8 Å². The Hall–Kier alpha value is -1.10. The van der Waals surface area contributed by atoms with E-state index in [4.69, 9.17) is 0 Å². The number of nitrogens with one attached hydrogen (secondary N) is 2. The zero-order valence-electron chi connectivity index (χ0n) is 9.79. The smallest absolute Gasteiger partial charge is 0.307 e. The molecule has 0 spiro atoms. The molecule has 0 aliphatic heterocycles. The number of methoxy groups -OCH3 is 1. The van der Waals surface area contributed by atoms with Gasteiger partial charge in [-0.2, -0.15) is 0 Å². The molecule has 0 radical (unpaired) electrons. The molecule has 1 unspecified atom stereocenters. The zero-order chi connectivity index (χ0) is 11.8. The quantitative estimate of drug-likeness (QED) is 0.609. The van der Waals surface area contributed by atoms with E-state index < -0.39 is 0 Å². The fourth-order valence-corrected chi connectivity index (χ4v) is 1.13. The van der Waals surface area contributed by atoms with Crippen molar-refractivity contribution in [1.82, 2.24) is 10.6 Å². The van der Waals surface area contributed by atoms with Gasteiger partial charge in [0.25, 0.3) is 0 Å². The van der Waals surface area contributed by atoms with Gasteiger partial charge in [0.1, 0.15) is 0 Å². The first kappa shape index (κ1) is 13.9. The van der Waals surface area contributed by atoms with Gasteiger partial charge in [0.05, 0.1) is 20.1 Å². The van der Waals surface area contributed by atoms with Crippen molar-refractivity contribution in [2.24, 2.45) is 5.92 Å². The average molecular weight is 216 g/mol. The zero-order valence-corrected chi connectivity index (χ0v) is 9.79. The Morgan fingerprint density at radius 2 is 1.93 bits per heavy atom. The molecule has 0 rings (SSSR count). The summed E-state index contributed by atoms with van der Waals surface area (Å²) in [7, 11) is 3.04. The van der Waals surface area contributed by atoms with Gasteiger partial charge in [-0.15, -0.1) is 0 Å². The Balaban J connectivity index is 4.16. The highest BCUT2D eigenvalue weighted by atomic mass is 16.5. The topological polar surface area (TPSA) is 67.4 Å². The summed E-state index contributed by atoms with van der Waals surface area (Å²) in [4.78, 5) is 22.4. The molecular formula is C10H20N2O3. The number of amides is 1. The largest absolute Gasteiger partial charge is 0.469 e. The molecule has 0 saturated carbocycles. The van der Waals surface area contributed by atoms with E-state index in [1.165, 1.54) is 7.11 Å². The van der Waals surface area contributed by atoms with E-state index in [-0.39, 0.29) is 36.8 Å². The van der Waals surface area contributed by atoms with Crippen LogP contribution in [-0.4, -0.2) is 38.6 Å². The third-order valence-corrected chi connectivity index (χ3v) is 2.10. The number of ether oxygens (including phenoxy) is 1. The van der Waals surface area contributed by atoms with Crippen molar-refractivity contribution in [2.45, 2.75) is 26.3 Å². The van der Waals surface area contributed by atoms with Crippen LogP contribution in [0.3, 0.4) is 0 Å². The van der Waals surface area contributed by atoms with Gasteiger partial charge in [0.15, 0.2) is 0 Å². The second kappa shape index (κ2) is 7.23. The van der Waals surface area contributed by atoms with E-state index in [1.807, 2.05) is 13.8 Å². The minimum Gasteiger partial charge on any atom is -0.469 e. The van der Waals surface area contributed by atoms with Gasteiger partial charge in [-0.05, 0) is 13.0 Å². The molecule has 88 valence electrons. The normalized spacial score (nSPS) is 12.3. The molecule has 0 aliphatic carbocycles. The molecule has 1 atom stereocenters. The highest BCUT2D eigenvalue weighted by Crippen LogP contribution is 2.06. The van der Waals surface area contributed by atoms with E-state index in [2.05, 4.69) is 15.4 Å². The van der Waals surface area contributed by atoms with Crippen LogP contribution < -0.4 is 10.6 Å². The molecule has 0 aromatic heterocycles. The molecule has 0 aromatic carbocycles. The van der Waals surface area contributed by atoms with Gasteiger partial charge < -0.3 is 15.4 Å². The fraction of sp³-hybridized carbons (Fsp3) is 0.800. The van der Waals surface area contributed by atoms with E-state index >= 15 is 0 Å². The summed E-state index contributed by atoms with van der Waals surface area (Å²) < 4.78 is 4.57. The van der Waals surface area contributed by atoms with Gasteiger partial charge in [-0.25, -0.2) is 0 Å². The monoisotopic (exact) mass is 216 g/mol. The summed E-state index contributed by atoms with van der Waals surface area (Å²) in [6.07, 6.45) is 0.212. The average Bonchev–Trinajstić information content (AvgIpc) is 2.16. The van der Waals surface area contributed by atoms with Crippen molar-refractivity contribution < 1.29 is 14.3 Å². The van der Waals surface area contributed by atoms with Crippen molar-refractivity contribution in [2.75, 3.05) is 20.7 Å². The molecular weight excluding hydrogens is 196 g/mol. The molecule has 0 heterocycles. The lowest BCUT2D eigenvalue weighted by Gasteiger charge is -2.21. The van der Waals surface area contributed by atoms with Crippen molar-refractivity contribution >= 4 is 11.9 Å². The number of carbonyl (C=O) groups excluding carboxylic acids is 2. The summed E-state index contributed by atoms with van der Waals surface area (Å²) in [5.41, 5.74) is 0. The van der Waals surface area contributed by atoms with E-state index in [0.29, 0.717) is 0 Å². The SMILES string of the molecule is CNCC(=O)NC(CC(=O)OC)C(C)C. The predicted molar refractivity (Wildman–Crippen MR) is 57.3 cm³/mol. The first-order valence-electron chi connectivity index (χ1n) is 5.02. The van der Waals surface area contributed by atoms with Crippen LogP contribution in [0.4, 0.5) is 0 Å². The maximum absolute atomic E-state index is 11.3. The van der Waals surface area contributed by atoms with E-state index in [1.54, 1.807) is 7.05 Å². The number of likely N-dealkylation sites (N-methyl/N-ethyl adjacent to an activating group) is 1. The highest BCUT2D eigenvalue weighted by Gasteiger charge is 2.19. The van der Waals surface area contributed by atoms with Crippen LogP contribution >= 0.6 is 0 Å². The summed E-state index contributed by atoms with van der Waals surface area (Å²) in [5.74, 6) is -0.219. The predicted octanol–water partition coefficient (Wildman–Crippen LogP) is -0.0903. The minimum atomic E-state index is -0.307. The maximum Gasteiger partial charge on any atom is 0.307 e. The molecule has 5 nitrogen and oxygen atoms in total. The van der Waals surface area contributed by atoms with Crippen LogP contribution in [0.5, 0.6) is 0 Å². The van der Waals surface area contributed by atoms with Crippen LogP contribution in [0.25, 0.3) is 0 Å². The van der Waals surface area contributed by atoms with Crippen molar-refractivity contribution in [1.29, 1.82) is 0 Å². The first-order valence-corrected chi connectivity index (χ1v) is 5.02. The lowest BCUT2D eigenvalue weighted by molar-refractivity contribution is -0.141. The van der Waals surface area contributed by atoms with Gasteiger partial charge >= 0.3 is 5.97 Å². The Bertz CT molecular complexity index is 217. The Morgan fingerprint density at radius 3 is 2.33 bits per heavy atom. The Morgan fingerprint density at radius 1 is 1.33 bits per heavy atom. The molecule has 2 N–H and O–H groups in total. The maximum atomic E-state index is 11.3. The molecule has 0 fully saturated rings. The Kier molecular flexibility index (Phi) is 6.70. The number of esters is 1. The molecule has 0 bridgehead atoms. The van der Waals surface area contributed by atoms with Crippen LogP contribution in [0, 0.1) is 5.92 Å². The van der Waals surface area contributed by atoms with Gasteiger partial charge in [0, 0.05) is 6.04 Å². The van der Waals surface area contributed by atoms with Crippen molar-refractivity contribution in [3.05, 3.63) is 0 Å². The van der Waals surface area contributed by atoms with Gasteiger partial charge in [0.2, 0.25) is 5.91 Å². The summed E-state index contributed by atoms with van der Waals surface area (Å²) in [5, 5.41) is 5.53. The van der Waals surface area contributed by atoms with Crippen LogP contribution in [0.1, 0.15) is 20.3 Å². The van der Waals surface area contributed by atoms with Crippen molar-refractivity contribution in [3.63, 3.8) is 0 Å². The summed E-state index contributed by atoms with van der Waals surface area (Å²) in [6.45, 7) is 4.16. The standard InChI is InChI=1S/C10H20N2O3/c1-7(2)8(5-10(14)15-4)12-9(13)6-11-3/h7-8,11H,5-6H2,1-4H3,(H,12,13). The number of hydrogen-bond donors (Lipinski definition) is 2. The number of rotatable bonds is 6. The van der Waals surface area contributed by atoms with Crippen LogP contribution in [0.15, 0.2) is 0 Å². The fourth-order valence-electron chi connectivity index (χ4n) is 1.13. The van der Waals surface area contributed by atoms with E-state index in [0.717, 1.165) is 0 Å². The number of carbonyl (C=O) groups is 2. The minimum absolute atomic E-state index is 0.111. The molecule has 0 aliphatic rings. The third kappa shape index (κ3) is 6.06. The van der Waals surface area contributed by atoms with Crippen molar-refractivity contribution in [3.8, 4) is 0 Å². The Labute approximate surface area is 90.6 Å². The summed E-state index contributed by atoms with van der Waals surface area (Å²) >= 11 is 0. The van der Waals surface area contributed by atoms with Crippen LogP contribution in [0.2, 0.25) is 0 Å². The lowest BCUT2D eigenvalue weighted by atomic mass is 10.0. The highest BCUT2D eigenvalue weighted by molar-refractivity contribution is 5.79. The third-order valence-electron chi connectivity index (χ3n) is 2.10. The number of hydrogen-bond acceptors (Lipinski definition) is 4. The molecule has 15 heavy (non-hydrogen) atoms. The second-order valence-corrected chi connectivity index (χ2v) is 3.73. The molecule has 0 aromatic rings. The molecule has 0 saturated heterocycles. The second-order valence-electron chi connectivity index (χ2n) is 3.73.